The first-order chi connectivity index (χ1) is 11.0. The maximum Gasteiger partial charge on any atom is 0.355 e. The fourth-order valence-corrected chi connectivity index (χ4v) is 3.25. The van der Waals surface area contributed by atoms with E-state index in [1.165, 1.54) is 36.0 Å². The highest BCUT2D eigenvalue weighted by atomic mass is 32.2. The summed E-state index contributed by atoms with van der Waals surface area (Å²) in [7, 11) is 0. The number of carbonyl (C=O) groups is 3. The number of carbonyl (C=O) groups excluding carboxylic acids is 3. The highest BCUT2D eigenvalue weighted by molar-refractivity contribution is 8.01. The molecule has 1 fully saturated rings. The van der Waals surface area contributed by atoms with Gasteiger partial charge in [-0.25, -0.2) is 4.79 Å². The zero-order valence-corrected chi connectivity index (χ0v) is 12.4. The van der Waals surface area contributed by atoms with Gasteiger partial charge in [-0.1, -0.05) is 0 Å². The number of hydrogen-bond donors (Lipinski definition) is 0. The summed E-state index contributed by atoms with van der Waals surface area (Å²) in [6.45, 7) is -0.0814. The van der Waals surface area contributed by atoms with Crippen molar-refractivity contribution >= 4 is 35.1 Å². The van der Waals surface area contributed by atoms with Gasteiger partial charge in [-0.2, -0.15) is 0 Å². The minimum atomic E-state index is -0.708. The first-order valence-electron chi connectivity index (χ1n) is 6.58. The van der Waals surface area contributed by atoms with Gasteiger partial charge >= 0.3 is 5.97 Å². The number of thioether (sulfide) groups is 1. The molecular weight excluding hydrogens is 324 g/mol. The number of nitrogens with zero attached hydrogens (tertiary/aromatic N) is 2. The standard InChI is InChI=1S/C14H10N2O6S/c17-11-12(18)15-10(5-6-23-13(11)15)14(19)22-7-8-1-3-9(4-2-8)16(20)21/h1-5,13H,6-7H2/t13-/m0/s1. The number of β-lactam (4-membered cyclic amide) rings is 1. The molecule has 0 aromatic heterocycles. The Morgan fingerprint density at radius 3 is 2.70 bits per heavy atom. The van der Waals surface area contributed by atoms with Gasteiger partial charge in [0.2, 0.25) is 0 Å². The Balaban J connectivity index is 1.63. The molecule has 0 spiro atoms. The van der Waals surface area contributed by atoms with Crippen molar-refractivity contribution < 1.29 is 24.0 Å². The van der Waals surface area contributed by atoms with Gasteiger partial charge in [-0.05, 0) is 23.8 Å². The van der Waals surface area contributed by atoms with Crippen LogP contribution >= 0.6 is 11.8 Å². The van der Waals surface area contributed by atoms with Gasteiger partial charge < -0.3 is 4.74 Å². The van der Waals surface area contributed by atoms with Gasteiger partial charge in [-0.15, -0.1) is 11.8 Å². The summed E-state index contributed by atoms with van der Waals surface area (Å²) in [6, 6.07) is 5.59. The summed E-state index contributed by atoms with van der Waals surface area (Å²) in [5, 5.41) is 9.93. The van der Waals surface area contributed by atoms with Gasteiger partial charge in [0.05, 0.1) is 4.92 Å². The molecule has 8 nitrogen and oxygen atoms in total. The van der Waals surface area contributed by atoms with Crippen molar-refractivity contribution in [1.82, 2.24) is 4.90 Å². The van der Waals surface area contributed by atoms with Crippen molar-refractivity contribution in [1.29, 1.82) is 0 Å². The van der Waals surface area contributed by atoms with Crippen LogP contribution in [0.25, 0.3) is 0 Å². The van der Waals surface area contributed by atoms with Crippen molar-refractivity contribution in [2.24, 2.45) is 0 Å². The highest BCUT2D eigenvalue weighted by Crippen LogP contribution is 2.35. The van der Waals surface area contributed by atoms with Crippen molar-refractivity contribution in [3.63, 3.8) is 0 Å². The van der Waals surface area contributed by atoms with Gasteiger partial charge in [0, 0.05) is 17.9 Å². The Morgan fingerprint density at radius 2 is 2.04 bits per heavy atom. The molecule has 0 bridgehead atoms. The highest BCUT2D eigenvalue weighted by Gasteiger charge is 2.51. The lowest BCUT2D eigenvalue weighted by atomic mass is 10.1. The lowest BCUT2D eigenvalue weighted by Crippen LogP contribution is -2.61. The smallest absolute Gasteiger partial charge is 0.355 e. The van der Waals surface area contributed by atoms with E-state index in [-0.39, 0.29) is 18.0 Å². The number of amides is 1. The van der Waals surface area contributed by atoms with E-state index in [1.807, 2.05) is 0 Å². The van der Waals surface area contributed by atoms with Crippen LogP contribution in [-0.2, 0) is 25.7 Å². The molecule has 9 heteroatoms. The van der Waals surface area contributed by atoms with Gasteiger partial charge in [-0.3, -0.25) is 24.6 Å². The van der Waals surface area contributed by atoms with E-state index in [0.717, 1.165) is 4.90 Å². The SMILES string of the molecule is O=C(OCc1ccc([N+](=O)[O-])cc1)C1=CCS[C@H]2C(=O)C(=O)N12. The molecular formula is C14H10N2O6S. The molecule has 1 aromatic carbocycles. The van der Waals surface area contributed by atoms with Gasteiger partial charge in [0.1, 0.15) is 12.3 Å². The summed E-state index contributed by atoms with van der Waals surface area (Å²) in [5.41, 5.74) is 0.595. The van der Waals surface area contributed by atoms with Crippen LogP contribution in [0.4, 0.5) is 5.69 Å². The lowest BCUT2D eigenvalue weighted by molar-refractivity contribution is -0.384. The van der Waals surface area contributed by atoms with Crippen LogP contribution in [0.5, 0.6) is 0 Å². The minimum absolute atomic E-state index is 0.0559. The first kappa shape index (κ1) is 15.2. The molecule has 0 saturated carbocycles. The van der Waals surface area contributed by atoms with E-state index in [2.05, 4.69) is 0 Å². The number of hydrogen-bond acceptors (Lipinski definition) is 7. The van der Waals surface area contributed by atoms with Crippen LogP contribution in [0.2, 0.25) is 0 Å². The second kappa shape index (κ2) is 5.84. The number of Topliss-reactive ketones (excluding diaryl/α,β-unsaturated/α-hetero) is 1. The van der Waals surface area contributed by atoms with E-state index < -0.39 is 28.0 Å². The second-order valence-electron chi connectivity index (χ2n) is 4.81. The average Bonchev–Trinajstić information content (AvgIpc) is 2.58. The molecule has 0 aliphatic carbocycles. The third-order valence-corrected chi connectivity index (χ3v) is 4.50. The van der Waals surface area contributed by atoms with E-state index in [1.54, 1.807) is 6.08 Å². The fraction of sp³-hybridized carbons (Fsp3) is 0.214. The number of nitro benzene ring substituents is 1. The molecule has 2 aliphatic heterocycles. The number of non-ortho nitro benzene ring substituents is 1. The first-order valence-corrected chi connectivity index (χ1v) is 7.63. The molecule has 3 rings (SSSR count). The summed E-state index contributed by atoms with van der Waals surface area (Å²) in [5.74, 6) is -1.47. The van der Waals surface area contributed by atoms with Crippen LogP contribution < -0.4 is 0 Å². The maximum atomic E-state index is 12.1. The molecule has 0 unspecified atom stereocenters. The second-order valence-corrected chi connectivity index (χ2v) is 5.93. The van der Waals surface area contributed by atoms with Crippen LogP contribution in [0.1, 0.15) is 5.56 Å². The van der Waals surface area contributed by atoms with Gasteiger partial charge in [0.15, 0.2) is 5.37 Å². The minimum Gasteiger partial charge on any atom is -0.456 e. The van der Waals surface area contributed by atoms with Crippen LogP contribution in [0, 0.1) is 10.1 Å². The summed E-state index contributed by atoms with van der Waals surface area (Å²) in [4.78, 5) is 46.2. The molecule has 1 amide bonds. The van der Waals surface area contributed by atoms with Crippen molar-refractivity contribution in [3.05, 3.63) is 51.7 Å². The average molecular weight is 334 g/mol. The van der Waals surface area contributed by atoms with E-state index in [4.69, 9.17) is 4.74 Å². The van der Waals surface area contributed by atoms with E-state index >= 15 is 0 Å². The van der Waals surface area contributed by atoms with Crippen molar-refractivity contribution in [3.8, 4) is 0 Å². The quantitative estimate of drug-likeness (QED) is 0.266. The fourth-order valence-electron chi connectivity index (χ4n) is 2.20. The van der Waals surface area contributed by atoms with Crippen LogP contribution in [0.3, 0.4) is 0 Å². The van der Waals surface area contributed by atoms with Crippen LogP contribution in [0.15, 0.2) is 36.0 Å². The maximum absolute atomic E-state index is 12.1. The van der Waals surface area contributed by atoms with Gasteiger partial charge in [0.25, 0.3) is 17.4 Å². The number of ketones is 1. The summed E-state index contributed by atoms with van der Waals surface area (Å²) in [6.07, 6.45) is 1.55. The molecule has 0 radical (unpaired) electrons. The number of rotatable bonds is 4. The number of nitro groups is 1. The Kier molecular flexibility index (Phi) is 3.87. The Bertz CT molecular complexity index is 742. The molecule has 2 heterocycles. The van der Waals surface area contributed by atoms with E-state index in [9.17, 15) is 24.5 Å². The molecule has 0 N–H and O–H groups in total. The predicted molar refractivity (Wildman–Crippen MR) is 79.1 cm³/mol. The monoisotopic (exact) mass is 334 g/mol. The third-order valence-electron chi connectivity index (χ3n) is 3.40. The predicted octanol–water partition coefficient (Wildman–Crippen LogP) is 1.01. The van der Waals surface area contributed by atoms with Crippen molar-refractivity contribution in [2.45, 2.75) is 12.0 Å². The molecule has 23 heavy (non-hydrogen) atoms. The Hall–Kier alpha value is -2.68. The molecule has 1 atom stereocenters. The summed E-state index contributed by atoms with van der Waals surface area (Å²) >= 11 is 1.27. The third kappa shape index (κ3) is 2.70. The van der Waals surface area contributed by atoms with E-state index in [0.29, 0.717) is 11.3 Å². The topological polar surface area (TPSA) is 107 Å². The number of ether oxygens (including phenoxy) is 1. The molecule has 2 aliphatic rings. The largest absolute Gasteiger partial charge is 0.456 e. The lowest BCUT2D eigenvalue weighted by Gasteiger charge is -2.40. The normalized spacial score (nSPS) is 19.6. The number of fused-ring (bicyclic) bond motifs is 1. The Labute approximate surface area is 134 Å². The zero-order chi connectivity index (χ0) is 16.6. The molecule has 118 valence electrons. The Morgan fingerprint density at radius 1 is 1.35 bits per heavy atom. The molecule has 1 saturated heterocycles. The van der Waals surface area contributed by atoms with Crippen LogP contribution in [-0.4, -0.2) is 38.6 Å². The van der Waals surface area contributed by atoms with Crippen molar-refractivity contribution in [2.75, 3.05) is 5.75 Å². The number of esters is 1. The number of benzene rings is 1. The molecule has 1 aromatic rings. The summed E-state index contributed by atoms with van der Waals surface area (Å²) < 4.78 is 5.11. The zero-order valence-electron chi connectivity index (χ0n) is 11.6.